The maximum Gasteiger partial charge on any atom is 0.308 e. The van der Waals surface area contributed by atoms with E-state index in [2.05, 4.69) is 39.9 Å². The minimum atomic E-state index is -2.52. The fourth-order valence-electron chi connectivity index (χ4n) is 4.80. The number of hydrogen-bond acceptors (Lipinski definition) is 13. The second-order valence-corrected chi connectivity index (χ2v) is 20.5. The molecule has 0 unspecified atom stereocenters. The van der Waals surface area contributed by atoms with Crippen molar-refractivity contribution in [3.63, 3.8) is 0 Å². The molecule has 2 rings (SSSR count). The van der Waals surface area contributed by atoms with Gasteiger partial charge in [0.15, 0.2) is 32.9 Å². The number of esters is 4. The van der Waals surface area contributed by atoms with Gasteiger partial charge in [0.2, 0.25) is 0 Å². The lowest BCUT2D eigenvalue weighted by molar-refractivity contribution is -0.321. The molecule has 0 aromatic rings. The summed E-state index contributed by atoms with van der Waals surface area (Å²) in [5.41, 5.74) is 0.430. The van der Waals surface area contributed by atoms with Crippen molar-refractivity contribution < 1.29 is 56.8 Å². The van der Waals surface area contributed by atoms with Gasteiger partial charge in [-0.05, 0) is 23.7 Å². The molecule has 288 valence electrons. The Bertz CT molecular complexity index is 1330. The zero-order chi connectivity index (χ0) is 39.0. The van der Waals surface area contributed by atoms with Gasteiger partial charge >= 0.3 is 23.9 Å². The molecule has 0 radical (unpaired) electrons. The van der Waals surface area contributed by atoms with Gasteiger partial charge in [0.05, 0.1) is 29.7 Å². The van der Waals surface area contributed by atoms with E-state index in [1.165, 1.54) is 13.2 Å². The molecule has 1 aliphatic carbocycles. The highest BCUT2D eigenvalue weighted by molar-refractivity contribution is 6.74. The van der Waals surface area contributed by atoms with Crippen LogP contribution in [0.2, 0.25) is 18.1 Å². The molecule has 0 aromatic heterocycles. The Morgan fingerprint density at radius 3 is 1.76 bits per heavy atom. The Morgan fingerprint density at radius 2 is 1.31 bits per heavy atom. The van der Waals surface area contributed by atoms with Crippen LogP contribution in [-0.4, -0.2) is 94.9 Å². The highest BCUT2D eigenvalue weighted by Crippen LogP contribution is 2.41. The molecule has 1 aliphatic heterocycles. The first kappa shape index (κ1) is 44.1. The number of nitriles is 1. The van der Waals surface area contributed by atoms with E-state index in [1.54, 1.807) is 67.5 Å². The van der Waals surface area contributed by atoms with E-state index in [4.69, 9.17) is 37.6 Å². The van der Waals surface area contributed by atoms with Crippen LogP contribution in [0.15, 0.2) is 23.8 Å². The topological polar surface area (TPSA) is 166 Å². The first-order chi connectivity index (χ1) is 23.6. The average molecular weight is 738 g/mol. The van der Waals surface area contributed by atoms with Crippen LogP contribution in [0.4, 0.5) is 0 Å². The molecule has 0 amide bonds. The highest BCUT2D eigenvalue weighted by atomic mass is 28.4. The van der Waals surface area contributed by atoms with E-state index >= 15 is 0 Å². The molecule has 0 spiro atoms. The fraction of sp³-hybridized carbons (Fsp3) is 0.757. The van der Waals surface area contributed by atoms with E-state index in [9.17, 15) is 24.4 Å². The van der Waals surface area contributed by atoms with E-state index in [0.29, 0.717) is 5.57 Å². The minimum Gasteiger partial charge on any atom is -0.463 e. The molecule has 1 fully saturated rings. The van der Waals surface area contributed by atoms with Crippen molar-refractivity contribution in [2.24, 2.45) is 23.7 Å². The molecule has 0 N–H and O–H groups in total. The summed E-state index contributed by atoms with van der Waals surface area (Å²) in [5, 5.41) is 9.56. The monoisotopic (exact) mass is 737 g/mol. The molecule has 13 nitrogen and oxygen atoms in total. The number of methoxy groups -OCH3 is 1. The average Bonchev–Trinajstić information content (AvgIpc) is 3.02. The third-order valence-electron chi connectivity index (χ3n) is 9.07. The largest absolute Gasteiger partial charge is 0.463 e. The first-order valence-electron chi connectivity index (χ1n) is 17.6. The first-order valence-corrected chi connectivity index (χ1v) is 20.5. The number of allylic oxidation sites excluding steroid dienone is 1. The van der Waals surface area contributed by atoms with Crippen molar-refractivity contribution in [3.05, 3.63) is 23.8 Å². The number of hydrogen-bond donors (Lipinski definition) is 0. The summed E-state index contributed by atoms with van der Waals surface area (Å²) >= 11 is 0. The molecular weight excluding hydrogens is 678 g/mol. The van der Waals surface area contributed by atoms with E-state index in [1.807, 2.05) is 0 Å². The van der Waals surface area contributed by atoms with Crippen molar-refractivity contribution in [1.82, 2.24) is 0 Å². The summed E-state index contributed by atoms with van der Waals surface area (Å²) in [6.07, 6.45) is -4.69. The predicted molar refractivity (Wildman–Crippen MR) is 189 cm³/mol. The van der Waals surface area contributed by atoms with E-state index in [-0.39, 0.29) is 5.04 Å². The van der Waals surface area contributed by atoms with Crippen LogP contribution in [0.25, 0.3) is 0 Å². The number of nitrogens with zero attached hydrogens (tertiary/aromatic N) is 1. The lowest BCUT2D eigenvalue weighted by atomic mass is 9.92. The van der Waals surface area contributed by atoms with Gasteiger partial charge in [0, 0.05) is 13.2 Å². The Hall–Kier alpha value is -3.09. The lowest BCUT2D eigenvalue weighted by Crippen LogP contribution is -2.65. The van der Waals surface area contributed by atoms with Gasteiger partial charge in [-0.3, -0.25) is 19.2 Å². The van der Waals surface area contributed by atoms with Crippen LogP contribution in [0.1, 0.15) is 76.2 Å². The third kappa shape index (κ3) is 11.7. The number of carbonyl (C=O) groups is 4. The lowest BCUT2D eigenvalue weighted by Gasteiger charge is -2.48. The maximum absolute atomic E-state index is 13.3. The van der Waals surface area contributed by atoms with E-state index < -0.39 is 111 Å². The van der Waals surface area contributed by atoms with E-state index in [0.717, 1.165) is 0 Å². The zero-order valence-electron chi connectivity index (χ0n) is 32.7. The van der Waals surface area contributed by atoms with Gasteiger partial charge in [0.25, 0.3) is 0 Å². The number of carbonyl (C=O) groups excluding carboxylic acids is 4. The molecule has 0 bridgehead atoms. The molecule has 1 saturated heterocycles. The van der Waals surface area contributed by atoms with Crippen LogP contribution in [0.3, 0.4) is 0 Å². The van der Waals surface area contributed by atoms with Crippen LogP contribution < -0.4 is 0 Å². The van der Waals surface area contributed by atoms with Gasteiger partial charge in [-0.15, -0.1) is 0 Å². The number of rotatable bonds is 14. The Kier molecular flexibility index (Phi) is 16.1. The number of ether oxygens (including phenoxy) is 7. The third-order valence-corrected chi connectivity index (χ3v) is 13.5. The summed E-state index contributed by atoms with van der Waals surface area (Å²) in [6.45, 7) is 23.1. The smallest absolute Gasteiger partial charge is 0.308 e. The molecule has 14 heteroatoms. The molecule has 1 heterocycles. The van der Waals surface area contributed by atoms with Crippen molar-refractivity contribution in [3.8, 4) is 6.07 Å². The zero-order valence-corrected chi connectivity index (χ0v) is 33.7. The van der Waals surface area contributed by atoms with Gasteiger partial charge < -0.3 is 37.6 Å². The quantitative estimate of drug-likeness (QED) is 0.0961. The minimum absolute atomic E-state index is 0.220. The SMILES string of the molecule is CO[C@@H]1C=C/C(=C\C#N)[C@H](O[C@@H]2O[C@H](COC(=O)C(C)C)[C@@H](OC(=O)C(C)C)[C@H](OC(=O)C(C)C)[C@H]2OC(=O)C(C)C)[C@H]1O[Si](C)(C)C(C)(C)C. The molecule has 2 aliphatic rings. The molecule has 51 heavy (non-hydrogen) atoms. The highest BCUT2D eigenvalue weighted by Gasteiger charge is 2.55. The second-order valence-electron chi connectivity index (χ2n) is 15.7. The van der Waals surface area contributed by atoms with Crippen molar-refractivity contribution in [1.29, 1.82) is 5.26 Å². The van der Waals surface area contributed by atoms with Crippen molar-refractivity contribution >= 4 is 32.2 Å². The van der Waals surface area contributed by atoms with Crippen molar-refractivity contribution in [2.75, 3.05) is 13.7 Å². The predicted octanol–water partition coefficient (Wildman–Crippen LogP) is 5.42. The Balaban J connectivity index is 2.84. The van der Waals surface area contributed by atoms with Crippen LogP contribution in [0, 0.1) is 35.0 Å². The molecule has 8 atom stereocenters. The fourth-order valence-corrected chi connectivity index (χ4v) is 6.09. The molecular formula is C37H59NO12Si. The standard InChI is InChI=1S/C37H59NO12Si/c1-20(2)32(39)44-19-26-28(46-33(40)21(3)4)30(47-34(41)22(5)6)31(48-35(42)23(7)8)36(45-26)49-27-24(17-18-38)15-16-25(43-12)29(27)50-51(13,14)37(9,10)11/h15-17,20-23,25-31,36H,19H2,1-14H3/b24-17+/t25-,26-,27+,28-,29+,30+,31-,36+/m1/s1. The van der Waals surface area contributed by atoms with Crippen molar-refractivity contribution in [2.45, 2.75) is 143 Å². The Morgan fingerprint density at radius 1 is 0.824 bits per heavy atom. The summed E-state index contributed by atoms with van der Waals surface area (Å²) in [6, 6.07) is 2.06. The summed E-state index contributed by atoms with van der Waals surface area (Å²) in [5.74, 6) is -4.85. The van der Waals surface area contributed by atoms with Gasteiger partial charge in [-0.1, -0.05) is 88.3 Å². The molecule has 0 aromatic carbocycles. The summed E-state index contributed by atoms with van der Waals surface area (Å²) < 4.78 is 49.3. The van der Waals surface area contributed by atoms with Gasteiger partial charge in [0.1, 0.15) is 31.0 Å². The van der Waals surface area contributed by atoms with Gasteiger partial charge in [-0.2, -0.15) is 5.26 Å². The normalized spacial score (nSPS) is 27.8. The van der Waals surface area contributed by atoms with Gasteiger partial charge in [-0.25, -0.2) is 0 Å². The molecule has 0 saturated carbocycles. The second kappa shape index (κ2) is 18.6. The maximum atomic E-state index is 13.3. The van der Waals surface area contributed by atoms with Crippen LogP contribution in [0.5, 0.6) is 0 Å². The summed E-state index contributed by atoms with van der Waals surface area (Å²) in [4.78, 5) is 52.3. The summed E-state index contributed by atoms with van der Waals surface area (Å²) in [7, 11) is -0.988. The van der Waals surface area contributed by atoms with Crippen LogP contribution >= 0.6 is 0 Å². The van der Waals surface area contributed by atoms with Crippen LogP contribution in [-0.2, 0) is 56.8 Å². The Labute approximate surface area is 304 Å².